The van der Waals surface area contributed by atoms with Gasteiger partial charge in [-0.1, -0.05) is 13.8 Å². The van der Waals surface area contributed by atoms with E-state index < -0.39 is 0 Å². The van der Waals surface area contributed by atoms with Gasteiger partial charge in [-0.25, -0.2) is 0 Å². The van der Waals surface area contributed by atoms with Gasteiger partial charge in [-0.3, -0.25) is 9.59 Å². The summed E-state index contributed by atoms with van der Waals surface area (Å²) in [6.07, 6.45) is 1.74. The van der Waals surface area contributed by atoms with Gasteiger partial charge in [-0.05, 0) is 31.9 Å². The molecule has 19 heavy (non-hydrogen) atoms. The van der Waals surface area contributed by atoms with Crippen molar-refractivity contribution in [3.8, 4) is 0 Å². The number of carbonyl (C=O) groups excluding carboxylic acids is 2. The number of hydrogen-bond acceptors (Lipinski definition) is 4. The van der Waals surface area contributed by atoms with Gasteiger partial charge >= 0.3 is 5.97 Å². The molecule has 0 aliphatic rings. The Morgan fingerprint density at radius 3 is 2.53 bits per heavy atom. The molecule has 4 nitrogen and oxygen atoms in total. The van der Waals surface area contributed by atoms with Gasteiger partial charge in [0.1, 0.15) is 6.54 Å². The molecule has 1 rings (SSSR count). The quantitative estimate of drug-likeness (QED) is 0.723. The summed E-state index contributed by atoms with van der Waals surface area (Å²) in [4.78, 5) is 27.3. The molecule has 0 saturated heterocycles. The highest BCUT2D eigenvalue weighted by atomic mass is 32.1. The predicted molar refractivity (Wildman–Crippen MR) is 76.5 cm³/mol. The first-order valence-corrected chi connectivity index (χ1v) is 7.47. The fourth-order valence-corrected chi connectivity index (χ4v) is 2.64. The first-order valence-electron chi connectivity index (χ1n) is 6.65. The summed E-state index contributed by atoms with van der Waals surface area (Å²) >= 11 is 1.49. The minimum Gasteiger partial charge on any atom is -0.465 e. The van der Waals surface area contributed by atoms with Crippen molar-refractivity contribution in [3.63, 3.8) is 0 Å². The average molecular weight is 283 g/mol. The number of amides is 1. The Hall–Kier alpha value is -1.36. The molecule has 1 aromatic rings. The lowest BCUT2D eigenvalue weighted by molar-refractivity contribution is -0.143. The van der Waals surface area contributed by atoms with E-state index in [4.69, 9.17) is 4.74 Å². The van der Waals surface area contributed by atoms with Crippen LogP contribution in [0.5, 0.6) is 0 Å². The maximum atomic E-state index is 12.3. The summed E-state index contributed by atoms with van der Waals surface area (Å²) in [7, 11) is 0. The molecule has 0 radical (unpaired) electrons. The van der Waals surface area contributed by atoms with Crippen molar-refractivity contribution in [1.82, 2.24) is 4.90 Å². The van der Waals surface area contributed by atoms with Gasteiger partial charge in [0.05, 0.1) is 11.5 Å². The summed E-state index contributed by atoms with van der Waals surface area (Å²) in [5.74, 6) is -0.434. The Morgan fingerprint density at radius 1 is 1.26 bits per heavy atom. The van der Waals surface area contributed by atoms with Gasteiger partial charge in [-0.15, -0.1) is 11.3 Å². The predicted octanol–water partition coefficient (Wildman–Crippen LogP) is 2.73. The van der Waals surface area contributed by atoms with E-state index in [-0.39, 0.29) is 18.4 Å². The van der Waals surface area contributed by atoms with Crippen molar-refractivity contribution in [2.45, 2.75) is 33.6 Å². The molecule has 0 saturated carbocycles. The van der Waals surface area contributed by atoms with Crippen LogP contribution < -0.4 is 0 Å². The van der Waals surface area contributed by atoms with Crippen LogP contribution in [-0.2, 0) is 16.0 Å². The Morgan fingerprint density at radius 2 is 2.00 bits per heavy atom. The number of rotatable bonds is 7. The highest BCUT2D eigenvalue weighted by Gasteiger charge is 2.20. The molecule has 1 amide bonds. The average Bonchev–Trinajstić information content (AvgIpc) is 2.86. The highest BCUT2D eigenvalue weighted by molar-refractivity contribution is 7.14. The van der Waals surface area contributed by atoms with E-state index >= 15 is 0 Å². The van der Waals surface area contributed by atoms with Crippen molar-refractivity contribution in [2.75, 3.05) is 19.7 Å². The van der Waals surface area contributed by atoms with Crippen LogP contribution >= 0.6 is 11.3 Å². The molecule has 0 unspecified atom stereocenters. The SMILES string of the molecule is CCCN(CC(=O)OCC)C(=O)c1ccc(CC)s1. The van der Waals surface area contributed by atoms with Crippen LogP contribution in [0, 0.1) is 0 Å². The molecule has 0 aromatic carbocycles. The molecule has 0 fully saturated rings. The Bertz CT molecular complexity index is 428. The van der Waals surface area contributed by atoms with Gasteiger partial charge in [0, 0.05) is 11.4 Å². The molecule has 0 bridgehead atoms. The summed E-state index contributed by atoms with van der Waals surface area (Å²) in [6, 6.07) is 3.80. The number of thiophene rings is 1. The van der Waals surface area contributed by atoms with E-state index in [1.54, 1.807) is 11.8 Å². The molecule has 1 aromatic heterocycles. The van der Waals surface area contributed by atoms with Crippen LogP contribution in [-0.4, -0.2) is 36.5 Å². The smallest absolute Gasteiger partial charge is 0.325 e. The van der Waals surface area contributed by atoms with E-state index in [1.807, 2.05) is 19.1 Å². The second-order valence-corrected chi connectivity index (χ2v) is 5.32. The van der Waals surface area contributed by atoms with E-state index in [1.165, 1.54) is 16.2 Å². The number of ether oxygens (including phenoxy) is 1. The molecule has 1 heterocycles. The fourth-order valence-electron chi connectivity index (χ4n) is 1.72. The van der Waals surface area contributed by atoms with Gasteiger partial charge in [-0.2, -0.15) is 0 Å². The highest BCUT2D eigenvalue weighted by Crippen LogP contribution is 2.19. The van der Waals surface area contributed by atoms with E-state index in [0.29, 0.717) is 18.0 Å². The maximum absolute atomic E-state index is 12.3. The second-order valence-electron chi connectivity index (χ2n) is 4.15. The zero-order valence-electron chi connectivity index (χ0n) is 11.8. The molecule has 0 N–H and O–H groups in total. The zero-order valence-corrected chi connectivity index (χ0v) is 12.6. The largest absolute Gasteiger partial charge is 0.465 e. The van der Waals surface area contributed by atoms with Crippen LogP contribution in [0.25, 0.3) is 0 Å². The van der Waals surface area contributed by atoms with Crippen LogP contribution in [0.4, 0.5) is 0 Å². The number of esters is 1. The Balaban J connectivity index is 2.74. The number of aryl methyl sites for hydroxylation is 1. The van der Waals surface area contributed by atoms with Crippen molar-refractivity contribution in [2.24, 2.45) is 0 Å². The molecular formula is C14H21NO3S. The third-order valence-corrected chi connectivity index (χ3v) is 3.84. The van der Waals surface area contributed by atoms with Crippen LogP contribution in [0.15, 0.2) is 12.1 Å². The minimum atomic E-state index is -0.350. The van der Waals surface area contributed by atoms with E-state index in [2.05, 4.69) is 6.92 Å². The second kappa shape index (κ2) is 7.94. The summed E-state index contributed by atoms with van der Waals surface area (Å²) in [5.41, 5.74) is 0. The van der Waals surface area contributed by atoms with E-state index in [0.717, 1.165) is 12.8 Å². The Kier molecular flexibility index (Phi) is 6.56. The van der Waals surface area contributed by atoms with Crippen molar-refractivity contribution in [3.05, 3.63) is 21.9 Å². The normalized spacial score (nSPS) is 10.3. The van der Waals surface area contributed by atoms with Gasteiger partial charge in [0.2, 0.25) is 0 Å². The maximum Gasteiger partial charge on any atom is 0.325 e. The molecule has 0 aliphatic carbocycles. The summed E-state index contributed by atoms with van der Waals surface area (Å²) in [5, 5.41) is 0. The number of nitrogens with zero attached hydrogens (tertiary/aromatic N) is 1. The molecule has 106 valence electrons. The number of hydrogen-bond donors (Lipinski definition) is 0. The summed E-state index contributed by atoms with van der Waals surface area (Å²) < 4.78 is 4.90. The third kappa shape index (κ3) is 4.67. The Labute approximate surface area is 118 Å². The molecule has 5 heteroatoms. The van der Waals surface area contributed by atoms with Gasteiger partial charge in [0.25, 0.3) is 5.91 Å². The van der Waals surface area contributed by atoms with Crippen LogP contribution in [0.2, 0.25) is 0 Å². The topological polar surface area (TPSA) is 46.6 Å². The van der Waals surface area contributed by atoms with Crippen molar-refractivity contribution < 1.29 is 14.3 Å². The molecular weight excluding hydrogens is 262 g/mol. The van der Waals surface area contributed by atoms with Crippen LogP contribution in [0.1, 0.15) is 41.7 Å². The van der Waals surface area contributed by atoms with Crippen molar-refractivity contribution in [1.29, 1.82) is 0 Å². The summed E-state index contributed by atoms with van der Waals surface area (Å²) in [6.45, 7) is 6.74. The lowest BCUT2D eigenvalue weighted by atomic mass is 10.3. The van der Waals surface area contributed by atoms with E-state index in [9.17, 15) is 9.59 Å². The minimum absolute atomic E-state index is 0.0277. The first kappa shape index (κ1) is 15.7. The van der Waals surface area contributed by atoms with Crippen molar-refractivity contribution >= 4 is 23.2 Å². The monoisotopic (exact) mass is 283 g/mol. The van der Waals surface area contributed by atoms with Gasteiger partial charge < -0.3 is 9.64 Å². The third-order valence-electron chi connectivity index (χ3n) is 2.63. The molecule has 0 spiro atoms. The lowest BCUT2D eigenvalue weighted by Crippen LogP contribution is -2.36. The first-order chi connectivity index (χ1) is 9.12. The molecule has 0 aliphatic heterocycles. The molecule has 0 atom stereocenters. The van der Waals surface area contributed by atoms with Crippen LogP contribution in [0.3, 0.4) is 0 Å². The lowest BCUT2D eigenvalue weighted by Gasteiger charge is -2.20. The number of carbonyl (C=O) groups is 2. The zero-order chi connectivity index (χ0) is 14.3. The van der Waals surface area contributed by atoms with Gasteiger partial charge in [0.15, 0.2) is 0 Å². The standard InChI is InChI=1S/C14H21NO3S/c1-4-9-15(10-13(16)18-6-3)14(17)12-8-7-11(5-2)19-12/h7-8H,4-6,9-10H2,1-3H3. The fraction of sp³-hybridized carbons (Fsp3) is 0.571.